The van der Waals surface area contributed by atoms with Crippen LogP contribution in [-0.4, -0.2) is 16.2 Å². The molecule has 0 aliphatic carbocycles. The molecule has 1 atom stereocenters. The quantitative estimate of drug-likeness (QED) is 0.682. The second-order valence-electron chi connectivity index (χ2n) is 4.27. The van der Waals surface area contributed by atoms with Gasteiger partial charge in [-0.2, -0.15) is 0 Å². The van der Waals surface area contributed by atoms with Crippen LogP contribution in [0, 0.1) is 0 Å². The SMILES string of the molecule is O=C(O)CCCCCCC(O)c1ccccc1. The molecule has 3 heteroatoms. The van der Waals surface area contributed by atoms with Crippen molar-refractivity contribution < 1.29 is 15.0 Å². The third-order valence-corrected chi connectivity index (χ3v) is 2.80. The lowest BCUT2D eigenvalue weighted by Crippen LogP contribution is -1.97. The van der Waals surface area contributed by atoms with E-state index in [1.54, 1.807) is 0 Å². The van der Waals surface area contributed by atoms with E-state index in [0.717, 1.165) is 37.7 Å². The monoisotopic (exact) mass is 236 g/mol. The number of aliphatic carboxylic acids is 1. The normalized spacial score (nSPS) is 12.3. The summed E-state index contributed by atoms with van der Waals surface area (Å²) in [6.45, 7) is 0. The molecule has 0 heterocycles. The molecule has 1 rings (SSSR count). The third-order valence-electron chi connectivity index (χ3n) is 2.80. The van der Waals surface area contributed by atoms with Crippen LogP contribution in [0.2, 0.25) is 0 Å². The summed E-state index contributed by atoms with van der Waals surface area (Å²) in [5.41, 5.74) is 0.957. The number of hydrogen-bond donors (Lipinski definition) is 2. The predicted octanol–water partition coefficient (Wildman–Crippen LogP) is 3.15. The largest absolute Gasteiger partial charge is 0.481 e. The standard InChI is InChI=1S/C14H20O3/c15-13(12-8-4-3-5-9-12)10-6-1-2-7-11-14(16)17/h3-5,8-9,13,15H,1-2,6-7,10-11H2,(H,16,17). The maximum atomic E-state index is 10.3. The molecule has 1 aromatic rings. The fraction of sp³-hybridized carbons (Fsp3) is 0.500. The molecule has 1 aromatic carbocycles. The molecule has 3 nitrogen and oxygen atoms in total. The zero-order chi connectivity index (χ0) is 12.5. The Morgan fingerprint density at radius 2 is 1.71 bits per heavy atom. The molecule has 0 radical (unpaired) electrons. The van der Waals surface area contributed by atoms with E-state index < -0.39 is 12.1 Å². The summed E-state index contributed by atoms with van der Waals surface area (Å²) in [4.78, 5) is 10.3. The zero-order valence-electron chi connectivity index (χ0n) is 10.0. The van der Waals surface area contributed by atoms with Gasteiger partial charge < -0.3 is 10.2 Å². The van der Waals surface area contributed by atoms with Gasteiger partial charge >= 0.3 is 5.97 Å². The van der Waals surface area contributed by atoms with Gasteiger partial charge in [0.2, 0.25) is 0 Å². The van der Waals surface area contributed by atoms with Crippen LogP contribution in [0.5, 0.6) is 0 Å². The van der Waals surface area contributed by atoms with Crippen LogP contribution in [0.15, 0.2) is 30.3 Å². The van der Waals surface area contributed by atoms with Crippen molar-refractivity contribution in [3.63, 3.8) is 0 Å². The van der Waals surface area contributed by atoms with Gasteiger partial charge in [0.15, 0.2) is 0 Å². The van der Waals surface area contributed by atoms with Gasteiger partial charge in [0.05, 0.1) is 6.10 Å². The lowest BCUT2D eigenvalue weighted by Gasteiger charge is -2.10. The highest BCUT2D eigenvalue weighted by Crippen LogP contribution is 2.19. The van der Waals surface area contributed by atoms with Gasteiger partial charge in [-0.25, -0.2) is 0 Å². The minimum absolute atomic E-state index is 0.251. The molecule has 0 saturated carbocycles. The summed E-state index contributed by atoms with van der Waals surface area (Å²) in [7, 11) is 0. The minimum Gasteiger partial charge on any atom is -0.481 e. The first-order valence-electron chi connectivity index (χ1n) is 6.15. The van der Waals surface area contributed by atoms with Gasteiger partial charge in [0.1, 0.15) is 0 Å². The van der Waals surface area contributed by atoms with Crippen LogP contribution in [0.1, 0.15) is 50.2 Å². The highest BCUT2D eigenvalue weighted by molar-refractivity contribution is 5.66. The molecule has 0 spiro atoms. The summed E-state index contributed by atoms with van der Waals surface area (Å²) in [5.74, 6) is -0.727. The lowest BCUT2D eigenvalue weighted by atomic mass is 10.0. The molecular weight excluding hydrogens is 216 g/mol. The van der Waals surface area contributed by atoms with E-state index in [9.17, 15) is 9.90 Å². The van der Waals surface area contributed by atoms with Crippen LogP contribution < -0.4 is 0 Å². The second-order valence-corrected chi connectivity index (χ2v) is 4.27. The van der Waals surface area contributed by atoms with Gasteiger partial charge in [-0.15, -0.1) is 0 Å². The maximum Gasteiger partial charge on any atom is 0.303 e. The molecule has 0 fully saturated rings. The van der Waals surface area contributed by atoms with Crippen molar-refractivity contribution in [2.45, 2.75) is 44.6 Å². The summed E-state index contributed by atoms with van der Waals surface area (Å²) in [6, 6.07) is 9.63. The Morgan fingerprint density at radius 3 is 2.35 bits per heavy atom. The zero-order valence-corrected chi connectivity index (χ0v) is 10.0. The number of hydrogen-bond acceptors (Lipinski definition) is 2. The topological polar surface area (TPSA) is 57.5 Å². The molecule has 94 valence electrons. The van der Waals surface area contributed by atoms with Crippen molar-refractivity contribution in [2.24, 2.45) is 0 Å². The first kappa shape index (κ1) is 13.7. The van der Waals surface area contributed by atoms with Crippen LogP contribution in [0.25, 0.3) is 0 Å². The highest BCUT2D eigenvalue weighted by Gasteiger charge is 2.05. The van der Waals surface area contributed by atoms with Crippen molar-refractivity contribution in [3.05, 3.63) is 35.9 Å². The van der Waals surface area contributed by atoms with E-state index in [2.05, 4.69) is 0 Å². The number of benzene rings is 1. The lowest BCUT2D eigenvalue weighted by molar-refractivity contribution is -0.137. The van der Waals surface area contributed by atoms with Crippen LogP contribution in [0.4, 0.5) is 0 Å². The molecule has 0 bridgehead atoms. The number of aliphatic hydroxyl groups excluding tert-OH is 1. The van der Waals surface area contributed by atoms with Gasteiger partial charge in [-0.3, -0.25) is 4.79 Å². The maximum absolute atomic E-state index is 10.3. The Kier molecular flexibility index (Phi) is 6.33. The van der Waals surface area contributed by atoms with Crippen molar-refractivity contribution in [2.75, 3.05) is 0 Å². The van der Waals surface area contributed by atoms with Crippen molar-refractivity contribution in [3.8, 4) is 0 Å². The third kappa shape index (κ3) is 6.07. The Hall–Kier alpha value is -1.35. The van der Waals surface area contributed by atoms with Crippen LogP contribution in [-0.2, 0) is 4.79 Å². The molecule has 1 unspecified atom stereocenters. The molecular formula is C14H20O3. The molecule has 0 amide bonds. The number of carbonyl (C=O) groups is 1. The smallest absolute Gasteiger partial charge is 0.303 e. The average Bonchev–Trinajstić information content (AvgIpc) is 2.34. The van der Waals surface area contributed by atoms with Crippen molar-refractivity contribution in [1.29, 1.82) is 0 Å². The number of aliphatic hydroxyl groups is 1. The fourth-order valence-corrected chi connectivity index (χ4v) is 1.81. The van der Waals surface area contributed by atoms with E-state index in [1.807, 2.05) is 30.3 Å². The van der Waals surface area contributed by atoms with Gasteiger partial charge in [0.25, 0.3) is 0 Å². The van der Waals surface area contributed by atoms with E-state index in [1.165, 1.54) is 0 Å². The fourth-order valence-electron chi connectivity index (χ4n) is 1.81. The number of carboxylic acid groups (broad SMARTS) is 1. The number of rotatable bonds is 8. The van der Waals surface area contributed by atoms with Gasteiger partial charge in [-0.1, -0.05) is 49.6 Å². The minimum atomic E-state index is -0.727. The van der Waals surface area contributed by atoms with Gasteiger partial charge in [-0.05, 0) is 18.4 Å². The number of unbranched alkanes of at least 4 members (excludes halogenated alkanes) is 3. The first-order chi connectivity index (χ1) is 8.20. The van der Waals surface area contributed by atoms with Crippen molar-refractivity contribution >= 4 is 5.97 Å². The summed E-state index contributed by atoms with van der Waals surface area (Å²) < 4.78 is 0. The Balaban J connectivity index is 2.09. The summed E-state index contributed by atoms with van der Waals surface area (Å²) >= 11 is 0. The summed E-state index contributed by atoms with van der Waals surface area (Å²) in [6.07, 6.45) is 4.19. The molecule has 0 aliphatic heterocycles. The number of carboxylic acids is 1. The van der Waals surface area contributed by atoms with Gasteiger partial charge in [0, 0.05) is 6.42 Å². The summed E-state index contributed by atoms with van der Waals surface area (Å²) in [5, 5.41) is 18.3. The average molecular weight is 236 g/mol. The van der Waals surface area contributed by atoms with Crippen LogP contribution >= 0.6 is 0 Å². The molecule has 2 N–H and O–H groups in total. The first-order valence-corrected chi connectivity index (χ1v) is 6.15. The molecule has 0 aliphatic rings. The highest BCUT2D eigenvalue weighted by atomic mass is 16.4. The Morgan fingerprint density at radius 1 is 1.06 bits per heavy atom. The van der Waals surface area contributed by atoms with Crippen LogP contribution in [0.3, 0.4) is 0 Å². The molecule has 0 aromatic heterocycles. The second kappa shape index (κ2) is 7.85. The Bertz CT molecular complexity index is 321. The Labute approximate surface area is 102 Å². The van der Waals surface area contributed by atoms with E-state index in [0.29, 0.717) is 0 Å². The van der Waals surface area contributed by atoms with E-state index >= 15 is 0 Å². The van der Waals surface area contributed by atoms with E-state index in [-0.39, 0.29) is 6.42 Å². The van der Waals surface area contributed by atoms with E-state index in [4.69, 9.17) is 5.11 Å². The van der Waals surface area contributed by atoms with Crippen molar-refractivity contribution in [1.82, 2.24) is 0 Å². The molecule has 0 saturated heterocycles. The molecule has 17 heavy (non-hydrogen) atoms. The predicted molar refractivity (Wildman–Crippen MR) is 66.7 cm³/mol.